The predicted octanol–water partition coefficient (Wildman–Crippen LogP) is 2.58. The molecule has 0 saturated carbocycles. The number of benzene rings is 1. The highest BCUT2D eigenvalue weighted by Crippen LogP contribution is 2.33. The molecule has 0 bridgehead atoms. The van der Waals surface area contributed by atoms with E-state index in [1.54, 1.807) is 12.1 Å². The van der Waals surface area contributed by atoms with Gasteiger partial charge in [0.1, 0.15) is 5.82 Å². The van der Waals surface area contributed by atoms with E-state index in [0.717, 1.165) is 18.5 Å². The topological polar surface area (TPSA) is 12.4 Å². The average Bonchev–Trinajstić information content (AvgIpc) is 2.54. The van der Waals surface area contributed by atoms with Crippen molar-refractivity contribution >= 4 is 5.71 Å². The van der Waals surface area contributed by atoms with Crippen LogP contribution in [0.2, 0.25) is 0 Å². The van der Waals surface area contributed by atoms with Crippen LogP contribution < -0.4 is 0 Å². The highest BCUT2D eigenvalue weighted by Gasteiger charge is 2.29. The van der Waals surface area contributed by atoms with Crippen LogP contribution in [0.5, 0.6) is 0 Å². The van der Waals surface area contributed by atoms with Gasteiger partial charge in [0.2, 0.25) is 0 Å². The van der Waals surface area contributed by atoms with Gasteiger partial charge in [-0.15, -0.1) is 0 Å². The fourth-order valence-corrected chi connectivity index (χ4v) is 2.55. The van der Waals surface area contributed by atoms with Crippen molar-refractivity contribution in [3.05, 3.63) is 35.1 Å². The molecule has 0 spiro atoms. The molecule has 1 heterocycles. The molecule has 0 saturated heterocycles. The van der Waals surface area contributed by atoms with Crippen LogP contribution in [0.15, 0.2) is 23.2 Å². The molecule has 72 valence electrons. The van der Waals surface area contributed by atoms with Crippen molar-refractivity contribution in [3.63, 3.8) is 0 Å². The van der Waals surface area contributed by atoms with E-state index in [-0.39, 0.29) is 5.82 Å². The van der Waals surface area contributed by atoms with Gasteiger partial charge in [0.05, 0.1) is 0 Å². The van der Waals surface area contributed by atoms with E-state index in [9.17, 15) is 4.39 Å². The largest absolute Gasteiger partial charge is 0.289 e. The third-order valence-electron chi connectivity index (χ3n) is 3.19. The van der Waals surface area contributed by atoms with Gasteiger partial charge in [-0.1, -0.05) is 0 Å². The first-order valence-corrected chi connectivity index (χ1v) is 5.18. The Kier molecular flexibility index (Phi) is 1.69. The van der Waals surface area contributed by atoms with E-state index in [2.05, 4.69) is 4.99 Å². The first-order valence-electron chi connectivity index (χ1n) is 5.18. The van der Waals surface area contributed by atoms with E-state index in [1.165, 1.54) is 24.1 Å². The molecule has 1 aromatic rings. The molecule has 1 atom stereocenters. The van der Waals surface area contributed by atoms with Crippen LogP contribution in [0.1, 0.15) is 24.0 Å². The zero-order valence-electron chi connectivity index (χ0n) is 7.96. The molecule has 3 rings (SSSR count). The molecule has 1 unspecified atom stereocenters. The lowest BCUT2D eigenvalue weighted by Crippen LogP contribution is -2.15. The third kappa shape index (κ3) is 1.10. The monoisotopic (exact) mass is 189 g/mol. The van der Waals surface area contributed by atoms with E-state index < -0.39 is 0 Å². The zero-order chi connectivity index (χ0) is 9.54. The molecule has 1 aliphatic heterocycles. The van der Waals surface area contributed by atoms with Gasteiger partial charge in [-0.05, 0) is 48.6 Å². The van der Waals surface area contributed by atoms with Crippen LogP contribution >= 0.6 is 0 Å². The highest BCUT2D eigenvalue weighted by atomic mass is 19.1. The van der Waals surface area contributed by atoms with Crippen molar-refractivity contribution in [2.75, 3.05) is 6.54 Å². The summed E-state index contributed by atoms with van der Waals surface area (Å²) in [4.78, 5) is 4.56. The maximum atomic E-state index is 13.0. The normalized spacial score (nSPS) is 24.1. The van der Waals surface area contributed by atoms with Crippen molar-refractivity contribution in [2.24, 2.45) is 10.9 Å². The Morgan fingerprint density at radius 2 is 2.29 bits per heavy atom. The van der Waals surface area contributed by atoms with Gasteiger partial charge < -0.3 is 0 Å². The van der Waals surface area contributed by atoms with E-state index in [0.29, 0.717) is 5.92 Å². The van der Waals surface area contributed by atoms with E-state index >= 15 is 0 Å². The summed E-state index contributed by atoms with van der Waals surface area (Å²) in [6, 6.07) is 5.09. The van der Waals surface area contributed by atoms with Gasteiger partial charge in [-0.25, -0.2) is 4.39 Å². The number of hydrogen-bond donors (Lipinski definition) is 0. The van der Waals surface area contributed by atoms with Crippen LogP contribution in [0, 0.1) is 11.7 Å². The lowest BCUT2D eigenvalue weighted by Gasteiger charge is -2.15. The Bertz CT molecular complexity index is 409. The molecule has 0 amide bonds. The van der Waals surface area contributed by atoms with Crippen molar-refractivity contribution in [3.8, 4) is 0 Å². The predicted molar refractivity (Wildman–Crippen MR) is 54.2 cm³/mol. The second-order valence-corrected chi connectivity index (χ2v) is 4.11. The van der Waals surface area contributed by atoms with E-state index in [1.807, 2.05) is 6.07 Å². The summed E-state index contributed by atoms with van der Waals surface area (Å²) in [7, 11) is 0. The average molecular weight is 189 g/mol. The van der Waals surface area contributed by atoms with Crippen LogP contribution in [0.25, 0.3) is 0 Å². The molecule has 14 heavy (non-hydrogen) atoms. The van der Waals surface area contributed by atoms with Crippen molar-refractivity contribution in [2.45, 2.75) is 19.3 Å². The molecule has 2 aliphatic rings. The van der Waals surface area contributed by atoms with Crippen LogP contribution in [-0.2, 0) is 6.42 Å². The quantitative estimate of drug-likeness (QED) is 0.594. The number of rotatable bonds is 0. The SMILES string of the molecule is Fc1ccc2c(c1)CC1CCCN=C21. The Balaban J connectivity index is 2.12. The third-order valence-corrected chi connectivity index (χ3v) is 3.19. The lowest BCUT2D eigenvalue weighted by atomic mass is 9.96. The first kappa shape index (κ1) is 8.16. The summed E-state index contributed by atoms with van der Waals surface area (Å²) in [6.07, 6.45) is 3.39. The van der Waals surface area contributed by atoms with Crippen LogP contribution in [-0.4, -0.2) is 12.3 Å². The number of nitrogens with zero attached hydrogens (tertiary/aromatic N) is 1. The summed E-state index contributed by atoms with van der Waals surface area (Å²) < 4.78 is 13.0. The molecule has 0 radical (unpaired) electrons. The van der Waals surface area contributed by atoms with Gasteiger partial charge in [0, 0.05) is 18.2 Å². The minimum absolute atomic E-state index is 0.122. The lowest BCUT2D eigenvalue weighted by molar-refractivity contribution is 0.579. The molecule has 1 aliphatic carbocycles. The molecule has 0 aromatic heterocycles. The Morgan fingerprint density at radius 3 is 3.21 bits per heavy atom. The molecular weight excluding hydrogens is 177 g/mol. The number of hydrogen-bond acceptors (Lipinski definition) is 1. The molecule has 0 N–H and O–H groups in total. The van der Waals surface area contributed by atoms with Gasteiger partial charge in [0.15, 0.2) is 0 Å². The Morgan fingerprint density at radius 1 is 1.36 bits per heavy atom. The van der Waals surface area contributed by atoms with Crippen molar-refractivity contribution in [1.29, 1.82) is 0 Å². The van der Waals surface area contributed by atoms with Crippen molar-refractivity contribution in [1.82, 2.24) is 0 Å². The number of fused-ring (bicyclic) bond motifs is 3. The number of halogens is 1. The molecule has 1 aromatic carbocycles. The number of aliphatic imine (C=N–C) groups is 1. The summed E-state index contributed by atoms with van der Waals surface area (Å²) in [5.41, 5.74) is 3.57. The van der Waals surface area contributed by atoms with Gasteiger partial charge in [0.25, 0.3) is 0 Å². The van der Waals surface area contributed by atoms with Crippen LogP contribution in [0.3, 0.4) is 0 Å². The smallest absolute Gasteiger partial charge is 0.123 e. The standard InChI is InChI=1S/C12H12FN/c13-10-3-4-11-9(7-10)6-8-2-1-5-14-12(8)11/h3-4,7-8H,1-2,5-6H2. The first-order chi connectivity index (χ1) is 6.84. The Labute approximate surface area is 82.7 Å². The zero-order valence-corrected chi connectivity index (χ0v) is 7.96. The van der Waals surface area contributed by atoms with Gasteiger partial charge in [-0.3, -0.25) is 4.99 Å². The maximum absolute atomic E-state index is 13.0. The molecular formula is C12H12FN. The fourth-order valence-electron chi connectivity index (χ4n) is 2.55. The summed E-state index contributed by atoms with van der Waals surface area (Å²) in [5.74, 6) is 0.448. The maximum Gasteiger partial charge on any atom is 0.123 e. The summed E-state index contributed by atoms with van der Waals surface area (Å²) >= 11 is 0. The Hall–Kier alpha value is -1.18. The van der Waals surface area contributed by atoms with Gasteiger partial charge in [-0.2, -0.15) is 0 Å². The molecule has 2 heteroatoms. The second-order valence-electron chi connectivity index (χ2n) is 4.11. The summed E-state index contributed by atoms with van der Waals surface area (Å²) in [5, 5.41) is 0. The van der Waals surface area contributed by atoms with Gasteiger partial charge >= 0.3 is 0 Å². The minimum atomic E-state index is -0.122. The second kappa shape index (κ2) is 2.91. The minimum Gasteiger partial charge on any atom is -0.289 e. The summed E-state index contributed by atoms with van der Waals surface area (Å²) in [6.45, 7) is 0.947. The van der Waals surface area contributed by atoms with E-state index in [4.69, 9.17) is 0 Å². The highest BCUT2D eigenvalue weighted by molar-refractivity contribution is 6.06. The van der Waals surface area contributed by atoms with Crippen LogP contribution in [0.4, 0.5) is 4.39 Å². The fraction of sp³-hybridized carbons (Fsp3) is 0.417. The van der Waals surface area contributed by atoms with Crippen molar-refractivity contribution < 1.29 is 4.39 Å². The molecule has 1 nitrogen and oxygen atoms in total. The molecule has 0 fully saturated rings.